The SMILES string of the molecule is O=c1[nH]c(N2CCOCC2)nc2c1CCC21CCN(CCCc2ccccc2)CC1. The first kappa shape index (κ1) is 19.8. The molecular weight excluding hydrogens is 376 g/mol. The van der Waals surface area contributed by atoms with Gasteiger partial charge in [0.2, 0.25) is 5.95 Å². The highest BCUT2D eigenvalue weighted by atomic mass is 16.5. The Morgan fingerprint density at radius 3 is 2.57 bits per heavy atom. The van der Waals surface area contributed by atoms with Crippen molar-refractivity contribution < 1.29 is 4.74 Å². The van der Waals surface area contributed by atoms with Crippen molar-refractivity contribution in [1.82, 2.24) is 14.9 Å². The Hall–Kier alpha value is -2.18. The Labute approximate surface area is 178 Å². The standard InChI is InChI=1S/C24H32N4O2/c29-22-20-8-9-24(21(20)25-23(26-22)28-15-17-30-18-16-28)10-13-27(14-11-24)12-4-7-19-5-2-1-3-6-19/h1-3,5-6H,4,7-18H2,(H,25,26,29). The maximum atomic E-state index is 12.8. The normalized spacial score (nSPS) is 21.1. The molecule has 3 heterocycles. The van der Waals surface area contributed by atoms with Gasteiger partial charge in [0.15, 0.2) is 0 Å². The minimum absolute atomic E-state index is 0.0728. The molecule has 1 aromatic heterocycles. The molecular formula is C24H32N4O2. The molecule has 2 saturated heterocycles. The third-order valence-corrected chi connectivity index (χ3v) is 7.27. The number of morpholine rings is 1. The lowest BCUT2D eigenvalue weighted by atomic mass is 9.76. The van der Waals surface area contributed by atoms with Crippen molar-refractivity contribution in [2.24, 2.45) is 0 Å². The minimum atomic E-state index is 0.0728. The van der Waals surface area contributed by atoms with Crippen LogP contribution in [-0.4, -0.2) is 60.8 Å². The molecule has 6 heteroatoms. The van der Waals surface area contributed by atoms with Crippen LogP contribution in [0, 0.1) is 0 Å². The van der Waals surface area contributed by atoms with E-state index < -0.39 is 0 Å². The van der Waals surface area contributed by atoms with E-state index in [1.165, 1.54) is 12.0 Å². The quantitative estimate of drug-likeness (QED) is 0.824. The zero-order valence-electron chi connectivity index (χ0n) is 17.7. The van der Waals surface area contributed by atoms with E-state index in [4.69, 9.17) is 9.72 Å². The summed E-state index contributed by atoms with van der Waals surface area (Å²) in [5.74, 6) is 0.744. The predicted molar refractivity (Wildman–Crippen MR) is 118 cm³/mol. The summed E-state index contributed by atoms with van der Waals surface area (Å²) < 4.78 is 5.46. The van der Waals surface area contributed by atoms with Crippen LogP contribution >= 0.6 is 0 Å². The van der Waals surface area contributed by atoms with Gasteiger partial charge >= 0.3 is 0 Å². The van der Waals surface area contributed by atoms with E-state index in [-0.39, 0.29) is 11.0 Å². The summed E-state index contributed by atoms with van der Waals surface area (Å²) in [5, 5.41) is 0. The summed E-state index contributed by atoms with van der Waals surface area (Å²) in [6.07, 6.45) is 6.52. The summed E-state index contributed by atoms with van der Waals surface area (Å²) in [6.45, 7) is 6.35. The minimum Gasteiger partial charge on any atom is -0.378 e. The summed E-state index contributed by atoms with van der Waals surface area (Å²) in [5.41, 5.74) is 3.63. The molecule has 6 nitrogen and oxygen atoms in total. The molecule has 2 fully saturated rings. The van der Waals surface area contributed by atoms with Crippen LogP contribution in [0.15, 0.2) is 35.1 Å². The van der Waals surface area contributed by atoms with E-state index in [1.807, 2.05) is 0 Å². The third kappa shape index (κ3) is 3.91. The number of anilines is 1. The van der Waals surface area contributed by atoms with E-state index in [1.54, 1.807) is 0 Å². The Morgan fingerprint density at radius 1 is 1.03 bits per heavy atom. The summed E-state index contributed by atoms with van der Waals surface area (Å²) in [4.78, 5) is 25.6. The van der Waals surface area contributed by atoms with Crippen LogP contribution in [0.4, 0.5) is 5.95 Å². The van der Waals surface area contributed by atoms with Crippen LogP contribution in [0.5, 0.6) is 0 Å². The molecule has 0 radical (unpaired) electrons. The molecule has 2 aliphatic heterocycles. The maximum Gasteiger partial charge on any atom is 0.255 e. The highest BCUT2D eigenvalue weighted by Gasteiger charge is 2.44. The van der Waals surface area contributed by atoms with Gasteiger partial charge in [0.05, 0.1) is 18.9 Å². The second-order valence-electron chi connectivity index (χ2n) is 9.03. The Kier molecular flexibility index (Phi) is 5.61. The van der Waals surface area contributed by atoms with Crippen molar-refractivity contribution in [1.29, 1.82) is 0 Å². The molecule has 0 atom stereocenters. The van der Waals surface area contributed by atoms with Gasteiger partial charge in [0.25, 0.3) is 5.56 Å². The second-order valence-corrected chi connectivity index (χ2v) is 9.03. The van der Waals surface area contributed by atoms with Gasteiger partial charge in [-0.1, -0.05) is 30.3 Å². The van der Waals surface area contributed by atoms with E-state index in [0.717, 1.165) is 82.0 Å². The number of piperidine rings is 1. The molecule has 160 valence electrons. The van der Waals surface area contributed by atoms with Crippen LogP contribution in [-0.2, 0) is 23.0 Å². The first-order chi connectivity index (χ1) is 14.7. The molecule has 1 N–H and O–H groups in total. The Bertz CT molecular complexity index is 913. The van der Waals surface area contributed by atoms with E-state index in [9.17, 15) is 4.79 Å². The number of nitrogens with one attached hydrogen (secondary N) is 1. The average Bonchev–Trinajstić information content (AvgIpc) is 3.15. The number of hydrogen-bond acceptors (Lipinski definition) is 5. The van der Waals surface area contributed by atoms with Crippen LogP contribution in [0.3, 0.4) is 0 Å². The fourth-order valence-corrected chi connectivity index (χ4v) is 5.41. The van der Waals surface area contributed by atoms with Crippen LogP contribution in [0.1, 0.15) is 42.5 Å². The van der Waals surface area contributed by atoms with Gasteiger partial charge in [-0.2, -0.15) is 0 Å². The zero-order valence-corrected chi connectivity index (χ0v) is 17.7. The average molecular weight is 409 g/mol. The number of aromatic amines is 1. The molecule has 1 aliphatic carbocycles. The van der Waals surface area contributed by atoms with E-state index in [2.05, 4.69) is 45.1 Å². The van der Waals surface area contributed by atoms with Crippen molar-refractivity contribution in [2.75, 3.05) is 50.8 Å². The van der Waals surface area contributed by atoms with Gasteiger partial charge < -0.3 is 14.5 Å². The highest BCUT2D eigenvalue weighted by Crippen LogP contribution is 2.44. The first-order valence-corrected chi connectivity index (χ1v) is 11.5. The fraction of sp³-hybridized carbons (Fsp3) is 0.583. The van der Waals surface area contributed by atoms with Gasteiger partial charge in [-0.25, -0.2) is 4.98 Å². The van der Waals surface area contributed by atoms with Crippen LogP contribution < -0.4 is 10.5 Å². The number of benzene rings is 1. The van der Waals surface area contributed by atoms with Crippen molar-refractivity contribution in [3.8, 4) is 0 Å². The smallest absolute Gasteiger partial charge is 0.255 e. The molecule has 1 spiro atoms. The number of aryl methyl sites for hydroxylation is 1. The summed E-state index contributed by atoms with van der Waals surface area (Å²) in [6, 6.07) is 10.8. The predicted octanol–water partition coefficient (Wildman–Crippen LogP) is 2.52. The molecule has 0 amide bonds. The van der Waals surface area contributed by atoms with E-state index >= 15 is 0 Å². The van der Waals surface area contributed by atoms with E-state index in [0.29, 0.717) is 13.2 Å². The van der Waals surface area contributed by atoms with Crippen molar-refractivity contribution in [3.63, 3.8) is 0 Å². The van der Waals surface area contributed by atoms with Gasteiger partial charge in [-0.05, 0) is 63.7 Å². The van der Waals surface area contributed by atoms with Crippen molar-refractivity contribution >= 4 is 5.95 Å². The maximum absolute atomic E-state index is 12.8. The Balaban J connectivity index is 1.24. The van der Waals surface area contributed by atoms with Crippen LogP contribution in [0.25, 0.3) is 0 Å². The number of likely N-dealkylation sites (tertiary alicyclic amines) is 1. The molecule has 1 aromatic carbocycles. The number of hydrogen-bond donors (Lipinski definition) is 1. The monoisotopic (exact) mass is 408 g/mol. The number of rotatable bonds is 5. The summed E-state index contributed by atoms with van der Waals surface area (Å²) >= 11 is 0. The topological polar surface area (TPSA) is 61.5 Å². The lowest BCUT2D eigenvalue weighted by molar-refractivity contribution is 0.122. The van der Waals surface area contributed by atoms with Crippen LogP contribution in [0.2, 0.25) is 0 Å². The fourth-order valence-electron chi connectivity index (χ4n) is 5.41. The number of fused-ring (bicyclic) bond motifs is 2. The lowest BCUT2D eigenvalue weighted by Gasteiger charge is -2.39. The number of H-pyrrole nitrogens is 1. The van der Waals surface area contributed by atoms with Gasteiger partial charge in [0, 0.05) is 24.1 Å². The van der Waals surface area contributed by atoms with Crippen molar-refractivity contribution in [3.05, 3.63) is 57.5 Å². The lowest BCUT2D eigenvalue weighted by Crippen LogP contribution is -2.43. The molecule has 2 aromatic rings. The second kappa shape index (κ2) is 8.52. The molecule has 30 heavy (non-hydrogen) atoms. The van der Waals surface area contributed by atoms with Gasteiger partial charge in [0.1, 0.15) is 0 Å². The van der Waals surface area contributed by atoms with Gasteiger partial charge in [-0.3, -0.25) is 9.78 Å². The number of nitrogens with zero attached hydrogens (tertiary/aromatic N) is 3. The molecule has 3 aliphatic rings. The number of ether oxygens (including phenoxy) is 1. The van der Waals surface area contributed by atoms with Crippen molar-refractivity contribution in [2.45, 2.75) is 43.9 Å². The molecule has 0 bridgehead atoms. The zero-order chi connectivity index (χ0) is 20.4. The molecule has 5 rings (SSSR count). The van der Waals surface area contributed by atoms with Gasteiger partial charge in [-0.15, -0.1) is 0 Å². The molecule has 0 unspecified atom stereocenters. The molecule has 0 saturated carbocycles. The summed E-state index contributed by atoms with van der Waals surface area (Å²) in [7, 11) is 0. The highest BCUT2D eigenvalue weighted by molar-refractivity contribution is 5.40. The largest absolute Gasteiger partial charge is 0.378 e. The first-order valence-electron chi connectivity index (χ1n) is 11.5. The Morgan fingerprint density at radius 2 is 1.80 bits per heavy atom. The number of aromatic nitrogens is 2. The third-order valence-electron chi connectivity index (χ3n) is 7.27.